The Morgan fingerprint density at radius 1 is 1.62 bits per heavy atom. The molecule has 1 fully saturated rings. The van der Waals surface area contributed by atoms with Gasteiger partial charge in [0.25, 0.3) is 0 Å². The van der Waals surface area contributed by atoms with Crippen molar-refractivity contribution in [3.63, 3.8) is 0 Å². The zero-order chi connectivity index (χ0) is 11.7. The van der Waals surface area contributed by atoms with Crippen LogP contribution in [0.5, 0.6) is 0 Å². The minimum atomic E-state index is -1.08. The molecule has 0 atom stereocenters. The summed E-state index contributed by atoms with van der Waals surface area (Å²) in [5.41, 5.74) is -0.0710. The molecule has 1 aliphatic rings. The number of aromatic nitrogens is 1. The van der Waals surface area contributed by atoms with Crippen molar-refractivity contribution in [1.29, 1.82) is 0 Å². The lowest BCUT2D eigenvalue weighted by molar-refractivity contribution is 0.0691. The molecular weight excluding hydrogens is 228 g/mol. The van der Waals surface area contributed by atoms with E-state index >= 15 is 0 Å². The standard InChI is InChI=1S/C11H13ClN2O2/c1-2-14(7-3-4-7)9-6-5-8(12)10(13-9)11(15)16/h5-7H,2-4H2,1H3,(H,15,16). The molecule has 0 bridgehead atoms. The predicted octanol–water partition coefficient (Wildman–Crippen LogP) is 2.42. The molecule has 1 heterocycles. The average molecular weight is 241 g/mol. The largest absolute Gasteiger partial charge is 0.476 e. The number of carboxylic acid groups (broad SMARTS) is 1. The molecule has 0 aromatic carbocycles. The number of hydrogen-bond acceptors (Lipinski definition) is 3. The number of rotatable bonds is 4. The van der Waals surface area contributed by atoms with Gasteiger partial charge >= 0.3 is 5.97 Å². The van der Waals surface area contributed by atoms with Crippen molar-refractivity contribution in [2.24, 2.45) is 0 Å². The molecule has 0 aliphatic heterocycles. The number of nitrogens with zero attached hydrogens (tertiary/aromatic N) is 2. The first-order valence-electron chi connectivity index (χ1n) is 5.30. The van der Waals surface area contributed by atoms with Crippen LogP contribution in [-0.4, -0.2) is 28.6 Å². The van der Waals surface area contributed by atoms with Crippen LogP contribution < -0.4 is 4.90 Å². The van der Waals surface area contributed by atoms with E-state index in [1.54, 1.807) is 12.1 Å². The van der Waals surface area contributed by atoms with Crippen molar-refractivity contribution >= 4 is 23.4 Å². The van der Waals surface area contributed by atoms with Gasteiger partial charge in [-0.1, -0.05) is 11.6 Å². The van der Waals surface area contributed by atoms with Crippen molar-refractivity contribution in [1.82, 2.24) is 4.98 Å². The van der Waals surface area contributed by atoms with Crippen LogP contribution in [0.15, 0.2) is 12.1 Å². The van der Waals surface area contributed by atoms with Crippen LogP contribution in [0.3, 0.4) is 0 Å². The summed E-state index contributed by atoms with van der Waals surface area (Å²) in [6, 6.07) is 3.88. The van der Waals surface area contributed by atoms with E-state index in [1.165, 1.54) is 0 Å². The Labute approximate surface area is 98.9 Å². The molecule has 0 unspecified atom stereocenters. The summed E-state index contributed by atoms with van der Waals surface area (Å²) in [6.07, 6.45) is 2.31. The van der Waals surface area contributed by atoms with Gasteiger partial charge < -0.3 is 10.0 Å². The van der Waals surface area contributed by atoms with E-state index in [-0.39, 0.29) is 10.7 Å². The van der Waals surface area contributed by atoms with E-state index in [0.29, 0.717) is 11.9 Å². The Morgan fingerprint density at radius 2 is 2.31 bits per heavy atom. The number of halogens is 1. The van der Waals surface area contributed by atoms with Crippen molar-refractivity contribution in [2.75, 3.05) is 11.4 Å². The second-order valence-corrected chi connectivity index (χ2v) is 4.23. The minimum absolute atomic E-state index is 0.0710. The Hall–Kier alpha value is -1.29. The van der Waals surface area contributed by atoms with Crippen LogP contribution in [0.25, 0.3) is 0 Å². The lowest BCUT2D eigenvalue weighted by Gasteiger charge is -2.21. The van der Waals surface area contributed by atoms with Gasteiger partial charge in [0.15, 0.2) is 5.69 Å². The first-order valence-corrected chi connectivity index (χ1v) is 5.67. The summed E-state index contributed by atoms with van der Waals surface area (Å²) in [4.78, 5) is 17.1. The Bertz CT molecular complexity index is 418. The van der Waals surface area contributed by atoms with E-state index in [0.717, 1.165) is 19.4 Å². The molecule has 16 heavy (non-hydrogen) atoms. The summed E-state index contributed by atoms with van der Waals surface area (Å²) < 4.78 is 0. The zero-order valence-electron chi connectivity index (χ0n) is 8.98. The number of hydrogen-bond donors (Lipinski definition) is 1. The van der Waals surface area contributed by atoms with Crippen molar-refractivity contribution in [3.05, 3.63) is 22.8 Å². The SMILES string of the molecule is CCN(c1ccc(Cl)c(C(=O)O)n1)C1CC1. The normalized spacial score (nSPS) is 14.9. The lowest BCUT2D eigenvalue weighted by atomic mass is 10.3. The lowest BCUT2D eigenvalue weighted by Crippen LogP contribution is -2.26. The van der Waals surface area contributed by atoms with Crippen molar-refractivity contribution in [3.8, 4) is 0 Å². The maximum Gasteiger partial charge on any atom is 0.356 e. The van der Waals surface area contributed by atoms with Crippen LogP contribution in [-0.2, 0) is 0 Å². The molecule has 0 amide bonds. The molecule has 1 aliphatic carbocycles. The minimum Gasteiger partial charge on any atom is -0.476 e. The van der Waals surface area contributed by atoms with Crippen LogP contribution >= 0.6 is 11.6 Å². The van der Waals surface area contributed by atoms with Crippen LogP contribution in [0.2, 0.25) is 5.02 Å². The van der Waals surface area contributed by atoms with E-state index in [2.05, 4.69) is 9.88 Å². The van der Waals surface area contributed by atoms with Crippen LogP contribution in [0, 0.1) is 0 Å². The number of aromatic carboxylic acids is 1. The topological polar surface area (TPSA) is 53.4 Å². The van der Waals surface area contributed by atoms with Gasteiger partial charge in [-0.15, -0.1) is 0 Å². The number of anilines is 1. The number of carbonyl (C=O) groups is 1. The molecule has 5 heteroatoms. The fraction of sp³-hybridized carbons (Fsp3) is 0.455. The van der Waals surface area contributed by atoms with E-state index in [9.17, 15) is 4.79 Å². The second kappa shape index (κ2) is 4.29. The zero-order valence-corrected chi connectivity index (χ0v) is 9.74. The quantitative estimate of drug-likeness (QED) is 0.878. The highest BCUT2D eigenvalue weighted by Gasteiger charge is 2.29. The molecule has 0 spiro atoms. The second-order valence-electron chi connectivity index (χ2n) is 3.82. The summed E-state index contributed by atoms with van der Waals surface area (Å²) in [5.74, 6) is -0.384. The fourth-order valence-electron chi connectivity index (χ4n) is 1.74. The Morgan fingerprint density at radius 3 is 2.81 bits per heavy atom. The van der Waals surface area contributed by atoms with Gasteiger partial charge in [-0.25, -0.2) is 9.78 Å². The monoisotopic (exact) mass is 240 g/mol. The predicted molar refractivity (Wildman–Crippen MR) is 62.2 cm³/mol. The third-order valence-corrected chi connectivity index (χ3v) is 2.96. The highest BCUT2D eigenvalue weighted by Crippen LogP contribution is 2.31. The molecular formula is C11H13ClN2O2. The first kappa shape index (κ1) is 11.2. The molecule has 0 saturated heterocycles. The smallest absolute Gasteiger partial charge is 0.356 e. The molecule has 1 saturated carbocycles. The summed E-state index contributed by atoms with van der Waals surface area (Å²) in [6.45, 7) is 2.87. The average Bonchev–Trinajstić information content (AvgIpc) is 3.05. The number of carboxylic acids is 1. The van der Waals surface area contributed by atoms with Crippen LogP contribution in [0.1, 0.15) is 30.3 Å². The molecule has 0 radical (unpaired) electrons. The van der Waals surface area contributed by atoms with Gasteiger partial charge in [0.2, 0.25) is 0 Å². The van der Waals surface area contributed by atoms with Crippen molar-refractivity contribution in [2.45, 2.75) is 25.8 Å². The summed E-state index contributed by atoms with van der Waals surface area (Å²) in [5, 5.41) is 9.12. The van der Waals surface area contributed by atoms with Gasteiger partial charge in [0.1, 0.15) is 5.82 Å². The highest BCUT2D eigenvalue weighted by atomic mass is 35.5. The van der Waals surface area contributed by atoms with E-state index < -0.39 is 5.97 Å². The highest BCUT2D eigenvalue weighted by molar-refractivity contribution is 6.33. The van der Waals surface area contributed by atoms with Gasteiger partial charge in [0, 0.05) is 12.6 Å². The third-order valence-electron chi connectivity index (χ3n) is 2.66. The molecule has 1 N–H and O–H groups in total. The van der Waals surface area contributed by atoms with Crippen LogP contribution in [0.4, 0.5) is 5.82 Å². The fourth-order valence-corrected chi connectivity index (χ4v) is 1.92. The molecule has 86 valence electrons. The summed E-state index contributed by atoms with van der Waals surface area (Å²) in [7, 11) is 0. The van der Waals surface area contributed by atoms with Gasteiger partial charge in [-0.2, -0.15) is 0 Å². The first-order chi connectivity index (χ1) is 7.63. The molecule has 1 aromatic heterocycles. The van der Waals surface area contributed by atoms with Crippen molar-refractivity contribution < 1.29 is 9.90 Å². The van der Waals surface area contributed by atoms with Gasteiger partial charge in [0.05, 0.1) is 5.02 Å². The van der Waals surface area contributed by atoms with E-state index in [1.807, 2.05) is 6.92 Å². The van der Waals surface area contributed by atoms with Gasteiger partial charge in [-0.05, 0) is 31.9 Å². The Balaban J connectivity index is 2.33. The maximum atomic E-state index is 10.9. The molecule has 2 rings (SSSR count). The van der Waals surface area contributed by atoms with Gasteiger partial charge in [-0.3, -0.25) is 0 Å². The molecule has 1 aromatic rings. The Kier molecular flexibility index (Phi) is 3.01. The molecule has 4 nitrogen and oxygen atoms in total. The summed E-state index contributed by atoms with van der Waals surface area (Å²) >= 11 is 5.77. The van der Waals surface area contributed by atoms with E-state index in [4.69, 9.17) is 16.7 Å². The number of pyridine rings is 1. The third kappa shape index (κ3) is 2.11. The maximum absolute atomic E-state index is 10.9.